The molecule has 146 valence electrons. The normalized spacial score (nSPS) is 25.1. The molecule has 0 saturated carbocycles. The molecule has 0 spiro atoms. The van der Waals surface area contributed by atoms with Crippen LogP contribution in [0.3, 0.4) is 0 Å². The summed E-state index contributed by atoms with van der Waals surface area (Å²) < 4.78 is 5.28. The van der Waals surface area contributed by atoms with Crippen molar-refractivity contribution in [1.29, 1.82) is 5.26 Å². The molecule has 0 aromatic carbocycles. The Balaban J connectivity index is 2.50. The Hall–Kier alpha value is -2.86. The summed E-state index contributed by atoms with van der Waals surface area (Å²) in [7, 11) is 0. The Bertz CT molecular complexity index is 755. The van der Waals surface area contributed by atoms with Crippen molar-refractivity contribution >= 4 is 17.9 Å². The predicted molar refractivity (Wildman–Crippen MR) is 98.1 cm³/mol. The lowest BCUT2D eigenvalue weighted by Gasteiger charge is -2.45. The lowest BCUT2D eigenvalue weighted by atomic mass is 9.70. The van der Waals surface area contributed by atoms with Gasteiger partial charge in [-0.1, -0.05) is 6.92 Å². The Morgan fingerprint density at radius 3 is 2.78 bits per heavy atom. The third-order valence-corrected chi connectivity index (χ3v) is 4.38. The highest BCUT2D eigenvalue weighted by Crippen LogP contribution is 2.39. The quantitative estimate of drug-likeness (QED) is 0.636. The summed E-state index contributed by atoms with van der Waals surface area (Å²) in [5.41, 5.74) is -1.20. The van der Waals surface area contributed by atoms with E-state index in [1.807, 2.05) is 6.92 Å². The largest absolute Gasteiger partial charge is 0.465 e. The molecule has 4 N–H and O–H groups in total. The van der Waals surface area contributed by atoms with E-state index in [0.29, 0.717) is 12.1 Å². The minimum Gasteiger partial charge on any atom is -0.465 e. The van der Waals surface area contributed by atoms with Crippen LogP contribution in [0.5, 0.6) is 0 Å². The number of carbonyl (C=O) groups is 2. The van der Waals surface area contributed by atoms with Crippen molar-refractivity contribution < 1.29 is 19.4 Å². The van der Waals surface area contributed by atoms with Gasteiger partial charge in [-0.2, -0.15) is 5.26 Å². The molecule has 3 atom stereocenters. The van der Waals surface area contributed by atoms with Gasteiger partial charge in [0.1, 0.15) is 5.60 Å². The number of amides is 2. The Morgan fingerprint density at radius 2 is 2.19 bits per heavy atom. The lowest BCUT2D eigenvalue weighted by Crippen LogP contribution is -2.62. The maximum Gasteiger partial charge on any atom is 0.412 e. The van der Waals surface area contributed by atoms with Crippen molar-refractivity contribution in [3.63, 3.8) is 0 Å². The number of aromatic nitrogens is 1. The summed E-state index contributed by atoms with van der Waals surface area (Å²) in [6.45, 7) is 7.88. The average Bonchev–Trinajstić information content (AvgIpc) is 2.53. The van der Waals surface area contributed by atoms with Crippen LogP contribution in [-0.4, -0.2) is 41.0 Å². The van der Waals surface area contributed by atoms with Crippen molar-refractivity contribution in [2.75, 3.05) is 18.4 Å². The van der Waals surface area contributed by atoms with Crippen molar-refractivity contribution in [3.05, 3.63) is 24.0 Å². The summed E-state index contributed by atoms with van der Waals surface area (Å²) in [4.78, 5) is 27.8. The number of rotatable bonds is 3. The van der Waals surface area contributed by atoms with E-state index in [1.165, 1.54) is 12.4 Å². The molecule has 1 aromatic rings. The number of nitrogens with one attached hydrogen (secondary N) is 3. The zero-order chi connectivity index (χ0) is 20.2. The summed E-state index contributed by atoms with van der Waals surface area (Å²) in [6.07, 6.45) is 0.964. The molecule has 9 nitrogen and oxygen atoms in total. The van der Waals surface area contributed by atoms with Crippen LogP contribution in [0.4, 0.5) is 15.3 Å². The van der Waals surface area contributed by atoms with Gasteiger partial charge in [0.05, 0.1) is 29.4 Å². The molecular weight excluding hydrogens is 350 g/mol. The van der Waals surface area contributed by atoms with Gasteiger partial charge in [0.25, 0.3) is 0 Å². The minimum absolute atomic E-state index is 0.113. The molecule has 27 heavy (non-hydrogen) atoms. The van der Waals surface area contributed by atoms with E-state index in [0.717, 1.165) is 0 Å². The molecule has 0 bridgehead atoms. The Kier molecular flexibility index (Phi) is 5.91. The van der Waals surface area contributed by atoms with Crippen LogP contribution in [0.15, 0.2) is 18.5 Å². The monoisotopic (exact) mass is 375 g/mol. The van der Waals surface area contributed by atoms with E-state index in [4.69, 9.17) is 4.74 Å². The van der Waals surface area contributed by atoms with Crippen LogP contribution in [0.2, 0.25) is 0 Å². The Morgan fingerprint density at radius 1 is 1.48 bits per heavy atom. The van der Waals surface area contributed by atoms with Gasteiger partial charge in [0, 0.05) is 18.3 Å². The summed E-state index contributed by atoms with van der Waals surface area (Å²) >= 11 is 0. The number of carbonyl (C=O) groups excluding carboxylic acids is 1. The van der Waals surface area contributed by atoms with Gasteiger partial charge >= 0.3 is 12.2 Å². The molecule has 0 aliphatic carbocycles. The van der Waals surface area contributed by atoms with Crippen molar-refractivity contribution in [1.82, 2.24) is 15.6 Å². The molecule has 9 heteroatoms. The zero-order valence-electron chi connectivity index (χ0n) is 15.9. The van der Waals surface area contributed by atoms with Crippen LogP contribution in [0, 0.1) is 23.2 Å². The number of hydrogen-bond acceptors (Lipinski definition) is 6. The van der Waals surface area contributed by atoms with Crippen LogP contribution in [-0.2, 0) is 10.3 Å². The SMILES string of the molecule is C[C@H]1CNC[C@@](NC(=O)O)(c2ccncc2NC(=O)OC(C)(C)C)[C@H]1C#N. The van der Waals surface area contributed by atoms with E-state index in [1.54, 1.807) is 26.8 Å². The maximum absolute atomic E-state index is 12.2. The second-order valence-electron chi connectivity index (χ2n) is 7.66. The molecule has 1 saturated heterocycles. The molecule has 2 rings (SSSR count). The van der Waals surface area contributed by atoms with Crippen molar-refractivity contribution in [3.8, 4) is 6.07 Å². The third kappa shape index (κ3) is 4.65. The van der Waals surface area contributed by atoms with Crippen molar-refractivity contribution in [2.45, 2.75) is 38.8 Å². The number of carboxylic acid groups (broad SMARTS) is 1. The van der Waals surface area contributed by atoms with Gasteiger partial charge in [-0.3, -0.25) is 10.3 Å². The molecule has 0 unspecified atom stereocenters. The number of piperidine rings is 1. The highest BCUT2D eigenvalue weighted by atomic mass is 16.6. The van der Waals surface area contributed by atoms with Crippen LogP contribution in [0.1, 0.15) is 33.3 Å². The third-order valence-electron chi connectivity index (χ3n) is 4.38. The molecule has 1 aliphatic rings. The first kappa shape index (κ1) is 20.5. The molecule has 1 aliphatic heterocycles. The predicted octanol–water partition coefficient (Wildman–Crippen LogP) is 2.27. The highest BCUT2D eigenvalue weighted by molar-refractivity contribution is 5.86. The first-order valence-electron chi connectivity index (χ1n) is 8.65. The number of anilines is 1. The molecule has 0 radical (unpaired) electrons. The van der Waals surface area contributed by atoms with Crippen molar-refractivity contribution in [2.24, 2.45) is 11.8 Å². The fourth-order valence-electron chi connectivity index (χ4n) is 3.39. The minimum atomic E-state index is -1.26. The molecule has 1 aromatic heterocycles. The van der Waals surface area contributed by atoms with E-state index in [2.05, 4.69) is 27.0 Å². The van der Waals surface area contributed by atoms with Gasteiger partial charge in [-0.25, -0.2) is 9.59 Å². The maximum atomic E-state index is 12.2. The summed E-state index contributed by atoms with van der Waals surface area (Å²) in [5.74, 6) is -0.755. The van der Waals surface area contributed by atoms with Gasteiger partial charge in [0.2, 0.25) is 0 Å². The first-order chi connectivity index (χ1) is 12.6. The summed E-state index contributed by atoms with van der Waals surface area (Å²) in [5, 5.41) is 27.5. The summed E-state index contributed by atoms with van der Waals surface area (Å²) in [6, 6.07) is 3.84. The van der Waals surface area contributed by atoms with E-state index >= 15 is 0 Å². The molecule has 1 fully saturated rings. The first-order valence-corrected chi connectivity index (χ1v) is 8.65. The van der Waals surface area contributed by atoms with Crippen LogP contribution >= 0.6 is 0 Å². The van der Waals surface area contributed by atoms with Gasteiger partial charge < -0.3 is 20.5 Å². The fourth-order valence-corrected chi connectivity index (χ4v) is 3.39. The van der Waals surface area contributed by atoms with Crippen LogP contribution in [0.25, 0.3) is 0 Å². The van der Waals surface area contributed by atoms with Gasteiger partial charge in [-0.15, -0.1) is 0 Å². The molecular formula is C18H25N5O4. The van der Waals surface area contributed by atoms with E-state index < -0.39 is 29.2 Å². The second kappa shape index (κ2) is 7.80. The molecule has 2 heterocycles. The number of nitrogens with zero attached hydrogens (tertiary/aromatic N) is 2. The number of nitriles is 1. The zero-order valence-corrected chi connectivity index (χ0v) is 15.9. The fraction of sp³-hybridized carbons (Fsp3) is 0.556. The van der Waals surface area contributed by atoms with E-state index in [-0.39, 0.29) is 18.2 Å². The molecule has 2 amide bonds. The topological polar surface area (TPSA) is 136 Å². The van der Waals surface area contributed by atoms with Gasteiger partial charge in [-0.05, 0) is 39.3 Å². The average molecular weight is 375 g/mol. The standard InChI is InChI=1S/C18H25N5O4/c1-11-8-21-10-18(13(11)7-19,23-15(24)25)12-5-6-20-9-14(12)22-16(26)27-17(2,3)4/h5-6,9,11,13,21,23H,8,10H2,1-4H3,(H,22,26)(H,24,25)/t11-,13-,18+/m0/s1. The highest BCUT2D eigenvalue weighted by Gasteiger charge is 2.48. The smallest absolute Gasteiger partial charge is 0.412 e. The van der Waals surface area contributed by atoms with Crippen LogP contribution < -0.4 is 16.0 Å². The van der Waals surface area contributed by atoms with Gasteiger partial charge in [0.15, 0.2) is 0 Å². The number of hydrogen-bond donors (Lipinski definition) is 4. The number of pyridine rings is 1. The number of ether oxygens (including phenoxy) is 1. The Labute approximate surface area is 158 Å². The lowest BCUT2D eigenvalue weighted by molar-refractivity contribution is 0.0635. The van der Waals surface area contributed by atoms with E-state index in [9.17, 15) is 20.0 Å². The second-order valence-corrected chi connectivity index (χ2v) is 7.66.